The van der Waals surface area contributed by atoms with Crippen molar-refractivity contribution in [2.75, 3.05) is 23.0 Å². The van der Waals surface area contributed by atoms with Gasteiger partial charge in [-0.25, -0.2) is 8.42 Å². The molecule has 0 spiro atoms. The van der Waals surface area contributed by atoms with E-state index < -0.39 is 22.0 Å². The zero-order valence-electron chi connectivity index (χ0n) is 19.4. The highest BCUT2D eigenvalue weighted by Crippen LogP contribution is 2.33. The normalized spacial score (nSPS) is 12.6. The summed E-state index contributed by atoms with van der Waals surface area (Å²) in [4.78, 5) is 13.2. The van der Waals surface area contributed by atoms with Gasteiger partial charge in [0.15, 0.2) is 0 Å². The van der Waals surface area contributed by atoms with Gasteiger partial charge in [-0.1, -0.05) is 29.8 Å². The lowest BCUT2D eigenvalue weighted by molar-refractivity contribution is -0.116. The molecule has 1 heterocycles. The molecule has 1 amide bonds. The molecule has 1 aromatic heterocycles. The summed E-state index contributed by atoms with van der Waals surface area (Å²) in [5.74, 6) is -0.0496. The Bertz CT molecular complexity index is 1500. The van der Waals surface area contributed by atoms with Crippen molar-refractivity contribution in [3.05, 3.63) is 65.7 Å². The average molecular weight is 500 g/mol. The first kappa shape index (κ1) is 23.9. The van der Waals surface area contributed by atoms with Gasteiger partial charge in [-0.05, 0) is 56.3 Å². The molecule has 0 bridgehead atoms. The molecule has 3 aromatic carbocycles. The predicted octanol–water partition coefficient (Wildman–Crippen LogP) is 5.27. The third kappa shape index (κ3) is 4.31. The molecule has 0 aliphatic rings. The largest absolute Gasteiger partial charge is 0.495 e. The number of sulfonamides is 1. The average Bonchev–Trinajstić information content (AvgIpc) is 3.11. The molecule has 1 N–H and O–H groups in total. The van der Waals surface area contributed by atoms with Crippen LogP contribution < -0.4 is 14.4 Å². The maximum atomic E-state index is 13.2. The van der Waals surface area contributed by atoms with Gasteiger partial charge in [0, 0.05) is 34.0 Å². The molecule has 7 nitrogen and oxygen atoms in total. The third-order valence-electron chi connectivity index (χ3n) is 5.83. The number of anilines is 2. The molecule has 0 fully saturated rings. The van der Waals surface area contributed by atoms with Crippen LogP contribution in [0.4, 0.5) is 11.4 Å². The minimum absolute atomic E-state index is 0.249. The molecule has 4 aromatic rings. The number of aryl methyl sites for hydroxylation is 1. The van der Waals surface area contributed by atoms with Crippen molar-refractivity contribution in [1.82, 2.24) is 4.57 Å². The maximum absolute atomic E-state index is 13.2. The van der Waals surface area contributed by atoms with Gasteiger partial charge in [0.25, 0.3) is 0 Å². The number of ether oxygens (including phenoxy) is 1. The number of halogens is 1. The minimum atomic E-state index is -3.78. The Balaban J connectivity index is 1.68. The molecular formula is C25H26ClN3O4S. The van der Waals surface area contributed by atoms with Crippen LogP contribution in [-0.4, -0.2) is 38.3 Å². The van der Waals surface area contributed by atoms with Gasteiger partial charge in [-0.3, -0.25) is 9.10 Å². The molecule has 34 heavy (non-hydrogen) atoms. The Kier molecular flexibility index (Phi) is 6.47. The number of hydrogen-bond acceptors (Lipinski definition) is 4. The molecular weight excluding hydrogens is 474 g/mol. The molecule has 0 unspecified atom stereocenters. The first-order valence-electron chi connectivity index (χ1n) is 10.8. The van der Waals surface area contributed by atoms with Crippen LogP contribution >= 0.6 is 11.6 Å². The quantitative estimate of drug-likeness (QED) is 0.375. The lowest BCUT2D eigenvalue weighted by Crippen LogP contribution is -2.45. The van der Waals surface area contributed by atoms with Crippen molar-refractivity contribution in [2.45, 2.75) is 26.4 Å². The van der Waals surface area contributed by atoms with Crippen LogP contribution in [0.25, 0.3) is 21.8 Å². The van der Waals surface area contributed by atoms with E-state index in [1.54, 1.807) is 12.1 Å². The summed E-state index contributed by atoms with van der Waals surface area (Å²) in [5, 5.41) is 5.23. The molecule has 0 saturated heterocycles. The molecule has 4 rings (SSSR count). The zero-order chi connectivity index (χ0) is 24.6. The molecule has 0 aliphatic carbocycles. The van der Waals surface area contributed by atoms with Crippen LogP contribution in [0.5, 0.6) is 5.75 Å². The number of carbonyl (C=O) groups excluding carboxylic acids is 1. The van der Waals surface area contributed by atoms with E-state index in [0.717, 1.165) is 38.9 Å². The van der Waals surface area contributed by atoms with Gasteiger partial charge in [0.1, 0.15) is 11.8 Å². The summed E-state index contributed by atoms with van der Waals surface area (Å²) in [5.41, 5.74) is 3.05. The Morgan fingerprint density at radius 3 is 2.44 bits per heavy atom. The fourth-order valence-electron chi connectivity index (χ4n) is 4.32. The van der Waals surface area contributed by atoms with Crippen LogP contribution in [0.3, 0.4) is 0 Å². The number of fused-ring (bicyclic) bond motifs is 3. The summed E-state index contributed by atoms with van der Waals surface area (Å²) in [6.45, 7) is 4.45. The number of rotatable bonds is 7. The SMILES string of the molecule is CCn1c2ccccc2c2cc(NC(=O)[C@@H](C)N(c3ccc(OC)c(Cl)c3)S(C)(=O)=O)ccc21. The number of nitrogens with zero attached hydrogens (tertiary/aromatic N) is 2. The standard InChI is InChI=1S/C25H26ClN3O4S/c1-5-28-22-9-7-6-8-19(22)20-14-17(10-12-23(20)28)27-25(30)16(2)29(34(4,31)32)18-11-13-24(33-3)21(26)15-18/h6-16H,5H2,1-4H3,(H,27,30)/t16-/m1/s1. The molecule has 0 radical (unpaired) electrons. The number of benzene rings is 3. The number of hydrogen-bond donors (Lipinski definition) is 1. The Morgan fingerprint density at radius 2 is 1.79 bits per heavy atom. The first-order chi connectivity index (χ1) is 16.2. The summed E-state index contributed by atoms with van der Waals surface area (Å²) in [6, 6.07) is 17.4. The fraction of sp³-hybridized carbons (Fsp3) is 0.240. The Morgan fingerprint density at radius 1 is 1.09 bits per heavy atom. The zero-order valence-corrected chi connectivity index (χ0v) is 20.9. The van der Waals surface area contributed by atoms with Gasteiger partial charge in [0.2, 0.25) is 15.9 Å². The van der Waals surface area contributed by atoms with E-state index in [4.69, 9.17) is 16.3 Å². The van der Waals surface area contributed by atoms with Crippen molar-refractivity contribution >= 4 is 60.7 Å². The fourth-order valence-corrected chi connectivity index (χ4v) is 5.74. The molecule has 1 atom stereocenters. The number of para-hydroxylation sites is 1. The summed E-state index contributed by atoms with van der Waals surface area (Å²) in [6.07, 6.45) is 1.06. The van der Waals surface area contributed by atoms with E-state index in [9.17, 15) is 13.2 Å². The third-order valence-corrected chi connectivity index (χ3v) is 7.37. The van der Waals surface area contributed by atoms with Gasteiger partial charge in [-0.2, -0.15) is 0 Å². The van der Waals surface area contributed by atoms with Crippen molar-refractivity contribution in [1.29, 1.82) is 0 Å². The van der Waals surface area contributed by atoms with E-state index in [-0.39, 0.29) is 10.7 Å². The van der Waals surface area contributed by atoms with E-state index in [0.29, 0.717) is 11.4 Å². The van der Waals surface area contributed by atoms with Crippen LogP contribution in [0.1, 0.15) is 13.8 Å². The summed E-state index contributed by atoms with van der Waals surface area (Å²) >= 11 is 6.21. The van der Waals surface area contributed by atoms with Gasteiger partial charge in [0.05, 0.1) is 24.1 Å². The second-order valence-electron chi connectivity index (χ2n) is 8.04. The number of nitrogens with one attached hydrogen (secondary N) is 1. The molecule has 0 aliphatic heterocycles. The van der Waals surface area contributed by atoms with Gasteiger partial charge >= 0.3 is 0 Å². The van der Waals surface area contributed by atoms with E-state index in [1.807, 2.05) is 30.3 Å². The van der Waals surface area contributed by atoms with E-state index in [2.05, 4.69) is 28.9 Å². The van der Waals surface area contributed by atoms with Gasteiger partial charge < -0.3 is 14.6 Å². The predicted molar refractivity (Wildman–Crippen MR) is 139 cm³/mol. The van der Waals surface area contributed by atoms with E-state index in [1.165, 1.54) is 20.1 Å². The highest BCUT2D eigenvalue weighted by molar-refractivity contribution is 7.92. The topological polar surface area (TPSA) is 80.6 Å². The monoisotopic (exact) mass is 499 g/mol. The minimum Gasteiger partial charge on any atom is -0.495 e. The van der Waals surface area contributed by atoms with Crippen LogP contribution in [-0.2, 0) is 21.4 Å². The highest BCUT2D eigenvalue weighted by atomic mass is 35.5. The van der Waals surface area contributed by atoms with Crippen molar-refractivity contribution in [3.8, 4) is 5.75 Å². The number of amides is 1. The molecule has 9 heteroatoms. The highest BCUT2D eigenvalue weighted by Gasteiger charge is 2.30. The maximum Gasteiger partial charge on any atom is 0.247 e. The summed E-state index contributed by atoms with van der Waals surface area (Å²) < 4.78 is 33.7. The second-order valence-corrected chi connectivity index (χ2v) is 10.3. The number of carbonyl (C=O) groups is 1. The molecule has 178 valence electrons. The lowest BCUT2D eigenvalue weighted by atomic mass is 10.1. The van der Waals surface area contributed by atoms with Crippen LogP contribution in [0, 0.1) is 0 Å². The Labute approximate surface area is 203 Å². The smallest absolute Gasteiger partial charge is 0.247 e. The number of aromatic nitrogens is 1. The first-order valence-corrected chi connectivity index (χ1v) is 13.0. The molecule has 0 saturated carbocycles. The van der Waals surface area contributed by atoms with Crippen LogP contribution in [0.15, 0.2) is 60.7 Å². The second kappa shape index (κ2) is 9.19. The van der Waals surface area contributed by atoms with Crippen molar-refractivity contribution in [2.24, 2.45) is 0 Å². The summed E-state index contributed by atoms with van der Waals surface area (Å²) in [7, 11) is -2.31. The van der Waals surface area contributed by atoms with Crippen LogP contribution in [0.2, 0.25) is 5.02 Å². The van der Waals surface area contributed by atoms with Crippen molar-refractivity contribution < 1.29 is 17.9 Å². The van der Waals surface area contributed by atoms with Gasteiger partial charge in [-0.15, -0.1) is 0 Å². The number of methoxy groups -OCH3 is 1. The Hall–Kier alpha value is -3.23. The van der Waals surface area contributed by atoms with Crippen molar-refractivity contribution in [3.63, 3.8) is 0 Å². The van der Waals surface area contributed by atoms with E-state index >= 15 is 0 Å². The lowest BCUT2D eigenvalue weighted by Gasteiger charge is -2.28.